The number of hydrogen-bond acceptors (Lipinski definition) is 3. The maximum Gasteiger partial charge on any atom is 0.242 e. The van der Waals surface area contributed by atoms with Gasteiger partial charge in [-0.05, 0) is 37.0 Å². The Labute approximate surface area is 128 Å². The summed E-state index contributed by atoms with van der Waals surface area (Å²) in [5.74, 6) is -0.284. The van der Waals surface area contributed by atoms with Gasteiger partial charge in [0, 0.05) is 11.0 Å². The van der Waals surface area contributed by atoms with Gasteiger partial charge >= 0.3 is 0 Å². The van der Waals surface area contributed by atoms with Gasteiger partial charge in [0.1, 0.15) is 5.25 Å². The molecule has 1 aliphatic heterocycles. The SMILES string of the molecule is O=C(Nc1ccc(CCBr)cc1)C1CCCCS1(=O)=O. The topological polar surface area (TPSA) is 63.2 Å². The van der Waals surface area contributed by atoms with Crippen LogP contribution in [0.5, 0.6) is 0 Å². The van der Waals surface area contributed by atoms with Gasteiger partial charge in [0.2, 0.25) is 5.91 Å². The van der Waals surface area contributed by atoms with Crippen LogP contribution in [0.1, 0.15) is 24.8 Å². The lowest BCUT2D eigenvalue weighted by Crippen LogP contribution is -2.39. The molecular formula is C14H18BrNO3S. The fourth-order valence-electron chi connectivity index (χ4n) is 2.34. The minimum atomic E-state index is -3.28. The molecule has 110 valence electrons. The van der Waals surface area contributed by atoms with Gasteiger partial charge in [0.25, 0.3) is 0 Å². The van der Waals surface area contributed by atoms with Crippen LogP contribution in [0.2, 0.25) is 0 Å². The number of benzene rings is 1. The Balaban J connectivity index is 2.03. The lowest BCUT2D eigenvalue weighted by Gasteiger charge is -2.21. The lowest BCUT2D eigenvalue weighted by atomic mass is 10.1. The van der Waals surface area contributed by atoms with Crippen molar-refractivity contribution in [2.45, 2.75) is 30.9 Å². The molecule has 1 aromatic rings. The van der Waals surface area contributed by atoms with Crippen LogP contribution in [0.25, 0.3) is 0 Å². The number of halogens is 1. The third-order valence-corrected chi connectivity index (χ3v) is 6.05. The molecule has 1 unspecified atom stereocenters. The molecule has 2 rings (SSSR count). The molecule has 0 bridgehead atoms. The Bertz CT molecular complexity index is 569. The summed E-state index contributed by atoms with van der Waals surface area (Å²) in [4.78, 5) is 12.1. The maximum absolute atomic E-state index is 12.1. The second-order valence-electron chi connectivity index (χ2n) is 4.98. The molecule has 0 saturated carbocycles. The van der Waals surface area contributed by atoms with E-state index >= 15 is 0 Å². The van der Waals surface area contributed by atoms with E-state index in [9.17, 15) is 13.2 Å². The third-order valence-electron chi connectivity index (χ3n) is 3.48. The highest BCUT2D eigenvalue weighted by atomic mass is 79.9. The average molecular weight is 360 g/mol. The average Bonchev–Trinajstić information content (AvgIpc) is 2.40. The Kier molecular flexibility index (Phi) is 5.21. The van der Waals surface area contributed by atoms with Crippen molar-refractivity contribution < 1.29 is 13.2 Å². The summed E-state index contributed by atoms with van der Waals surface area (Å²) in [6, 6.07) is 7.50. The number of carbonyl (C=O) groups excluding carboxylic acids is 1. The van der Waals surface area contributed by atoms with Crippen LogP contribution in [0.4, 0.5) is 5.69 Å². The first-order valence-electron chi connectivity index (χ1n) is 6.70. The third kappa shape index (κ3) is 3.82. The molecule has 20 heavy (non-hydrogen) atoms. The van der Waals surface area contributed by atoms with Crippen molar-refractivity contribution in [2.75, 3.05) is 16.4 Å². The molecule has 1 atom stereocenters. The van der Waals surface area contributed by atoms with Crippen LogP contribution < -0.4 is 5.32 Å². The number of nitrogens with one attached hydrogen (secondary N) is 1. The first-order valence-corrected chi connectivity index (χ1v) is 9.54. The van der Waals surface area contributed by atoms with E-state index in [1.54, 1.807) is 0 Å². The first-order chi connectivity index (χ1) is 9.53. The van der Waals surface area contributed by atoms with E-state index in [1.807, 2.05) is 24.3 Å². The number of carbonyl (C=O) groups is 1. The Morgan fingerprint density at radius 3 is 2.55 bits per heavy atom. The molecule has 0 aromatic heterocycles. The van der Waals surface area contributed by atoms with Crippen molar-refractivity contribution >= 4 is 37.4 Å². The molecule has 1 fully saturated rings. The zero-order valence-corrected chi connectivity index (χ0v) is 13.5. The molecule has 1 amide bonds. The van der Waals surface area contributed by atoms with E-state index in [4.69, 9.17) is 0 Å². The van der Waals surface area contributed by atoms with Gasteiger partial charge < -0.3 is 5.32 Å². The minimum Gasteiger partial charge on any atom is -0.325 e. The minimum absolute atomic E-state index is 0.120. The summed E-state index contributed by atoms with van der Waals surface area (Å²) >= 11 is 3.37. The van der Waals surface area contributed by atoms with Gasteiger partial charge in [0.15, 0.2) is 9.84 Å². The van der Waals surface area contributed by atoms with E-state index in [0.717, 1.165) is 18.2 Å². The molecule has 0 radical (unpaired) electrons. The molecule has 6 heteroatoms. The van der Waals surface area contributed by atoms with E-state index in [2.05, 4.69) is 21.2 Å². The summed E-state index contributed by atoms with van der Waals surface area (Å²) in [7, 11) is -3.28. The van der Waals surface area contributed by atoms with E-state index < -0.39 is 21.0 Å². The van der Waals surface area contributed by atoms with Crippen LogP contribution in [-0.4, -0.2) is 30.7 Å². The lowest BCUT2D eigenvalue weighted by molar-refractivity contribution is -0.116. The molecule has 1 aromatic carbocycles. The number of amides is 1. The highest BCUT2D eigenvalue weighted by Crippen LogP contribution is 2.21. The second-order valence-corrected chi connectivity index (χ2v) is 8.07. The van der Waals surface area contributed by atoms with E-state index in [1.165, 1.54) is 5.56 Å². The van der Waals surface area contributed by atoms with Crippen LogP contribution in [0.15, 0.2) is 24.3 Å². The van der Waals surface area contributed by atoms with E-state index in [0.29, 0.717) is 18.5 Å². The Hall–Kier alpha value is -0.880. The van der Waals surface area contributed by atoms with Gasteiger partial charge in [-0.15, -0.1) is 0 Å². The summed E-state index contributed by atoms with van der Waals surface area (Å²) in [6.45, 7) is 0. The summed E-state index contributed by atoms with van der Waals surface area (Å²) in [6.07, 6.45) is 2.80. The van der Waals surface area contributed by atoms with Gasteiger partial charge in [-0.25, -0.2) is 8.42 Å². The molecule has 1 N–H and O–H groups in total. The molecule has 1 heterocycles. The molecule has 1 saturated heterocycles. The van der Waals surface area contributed by atoms with Crippen LogP contribution >= 0.6 is 15.9 Å². The van der Waals surface area contributed by atoms with E-state index in [-0.39, 0.29) is 5.75 Å². The fraction of sp³-hybridized carbons (Fsp3) is 0.500. The van der Waals surface area contributed by atoms with Crippen molar-refractivity contribution in [3.05, 3.63) is 29.8 Å². The number of aryl methyl sites for hydroxylation is 1. The zero-order chi connectivity index (χ0) is 14.6. The molecule has 0 spiro atoms. The normalized spacial score (nSPS) is 21.4. The predicted molar refractivity (Wildman–Crippen MR) is 84.0 cm³/mol. The molecule has 4 nitrogen and oxygen atoms in total. The Morgan fingerprint density at radius 2 is 1.95 bits per heavy atom. The fourth-order valence-corrected chi connectivity index (χ4v) is 4.60. The van der Waals surface area contributed by atoms with Gasteiger partial charge in [-0.1, -0.05) is 34.5 Å². The van der Waals surface area contributed by atoms with Crippen molar-refractivity contribution in [2.24, 2.45) is 0 Å². The largest absolute Gasteiger partial charge is 0.325 e. The molecule has 1 aliphatic rings. The Morgan fingerprint density at radius 1 is 1.25 bits per heavy atom. The van der Waals surface area contributed by atoms with Crippen LogP contribution in [-0.2, 0) is 21.1 Å². The summed E-state index contributed by atoms with van der Waals surface area (Å²) in [5, 5.41) is 2.70. The number of hydrogen-bond donors (Lipinski definition) is 1. The summed E-state index contributed by atoms with van der Waals surface area (Å²) in [5.41, 5.74) is 1.82. The summed E-state index contributed by atoms with van der Waals surface area (Å²) < 4.78 is 23.8. The highest BCUT2D eigenvalue weighted by molar-refractivity contribution is 9.09. The number of anilines is 1. The first kappa shape index (κ1) is 15.5. The number of alkyl halides is 1. The van der Waals surface area contributed by atoms with Crippen molar-refractivity contribution in [1.82, 2.24) is 0 Å². The van der Waals surface area contributed by atoms with Crippen molar-refractivity contribution in [3.63, 3.8) is 0 Å². The number of rotatable bonds is 4. The second kappa shape index (κ2) is 6.72. The van der Waals surface area contributed by atoms with Crippen molar-refractivity contribution in [1.29, 1.82) is 0 Å². The molecule has 0 aliphatic carbocycles. The highest BCUT2D eigenvalue weighted by Gasteiger charge is 2.34. The quantitative estimate of drug-likeness (QED) is 0.840. The molecular weight excluding hydrogens is 342 g/mol. The standard InChI is InChI=1S/C14H18BrNO3S/c15-9-8-11-4-6-12(7-5-11)16-14(17)13-3-1-2-10-20(13,18)19/h4-7,13H,1-3,8-10H2,(H,16,17). The van der Waals surface area contributed by atoms with Gasteiger partial charge in [0.05, 0.1) is 5.75 Å². The smallest absolute Gasteiger partial charge is 0.242 e. The maximum atomic E-state index is 12.1. The zero-order valence-electron chi connectivity index (χ0n) is 11.1. The van der Waals surface area contributed by atoms with Crippen LogP contribution in [0.3, 0.4) is 0 Å². The number of sulfone groups is 1. The van der Waals surface area contributed by atoms with Crippen molar-refractivity contribution in [3.8, 4) is 0 Å². The van der Waals surface area contributed by atoms with Gasteiger partial charge in [-0.3, -0.25) is 4.79 Å². The predicted octanol–water partition coefficient (Wildman–Crippen LogP) is 2.53. The monoisotopic (exact) mass is 359 g/mol. The van der Waals surface area contributed by atoms with Gasteiger partial charge in [-0.2, -0.15) is 0 Å². The van der Waals surface area contributed by atoms with Crippen LogP contribution in [0, 0.1) is 0 Å².